The number of amides is 1. The molecule has 1 aromatic rings. The van der Waals surface area contributed by atoms with Crippen molar-refractivity contribution in [3.63, 3.8) is 0 Å². The summed E-state index contributed by atoms with van der Waals surface area (Å²) < 4.78 is 5.67. The molecule has 106 valence electrons. The lowest BCUT2D eigenvalue weighted by Crippen LogP contribution is -2.23. The minimum absolute atomic E-state index is 0.134. The molecule has 5 nitrogen and oxygen atoms in total. The molecule has 0 saturated heterocycles. The number of carbonyl (C=O) groups excluding carboxylic acids is 1. The molecule has 5 heteroatoms. The van der Waals surface area contributed by atoms with Gasteiger partial charge < -0.3 is 20.7 Å². The van der Waals surface area contributed by atoms with Gasteiger partial charge in [0.2, 0.25) is 0 Å². The average molecular weight is 265 g/mol. The molecular formula is C14H23N3O2. The number of hydrogen-bond acceptors (Lipinski definition) is 4. The van der Waals surface area contributed by atoms with Gasteiger partial charge in [0.05, 0.1) is 12.2 Å². The zero-order valence-electron chi connectivity index (χ0n) is 11.9. The number of carbonyl (C=O) groups is 1. The third-order valence-electron chi connectivity index (χ3n) is 2.59. The van der Waals surface area contributed by atoms with E-state index in [1.807, 2.05) is 21.0 Å². The van der Waals surface area contributed by atoms with Crippen LogP contribution in [0.1, 0.15) is 23.7 Å². The molecule has 1 amide bonds. The lowest BCUT2D eigenvalue weighted by atomic mass is 10.1. The topological polar surface area (TPSA) is 67.6 Å². The lowest BCUT2D eigenvalue weighted by Gasteiger charge is -2.13. The van der Waals surface area contributed by atoms with Crippen molar-refractivity contribution >= 4 is 11.6 Å². The van der Waals surface area contributed by atoms with Gasteiger partial charge in [0.15, 0.2) is 0 Å². The summed E-state index contributed by atoms with van der Waals surface area (Å²) in [6.45, 7) is 3.98. The largest absolute Gasteiger partial charge is 0.493 e. The second-order valence-electron chi connectivity index (χ2n) is 4.62. The molecule has 0 aliphatic carbocycles. The third kappa shape index (κ3) is 5.18. The minimum Gasteiger partial charge on any atom is -0.493 e. The van der Waals surface area contributed by atoms with Crippen LogP contribution in [0.25, 0.3) is 0 Å². The van der Waals surface area contributed by atoms with E-state index in [4.69, 9.17) is 10.5 Å². The van der Waals surface area contributed by atoms with Gasteiger partial charge in [0.1, 0.15) is 5.75 Å². The summed E-state index contributed by atoms with van der Waals surface area (Å²) in [4.78, 5) is 14.0. The van der Waals surface area contributed by atoms with Crippen LogP contribution in [-0.2, 0) is 0 Å². The van der Waals surface area contributed by atoms with Crippen molar-refractivity contribution in [2.45, 2.75) is 13.3 Å². The molecule has 0 unspecified atom stereocenters. The molecule has 0 aromatic heterocycles. The minimum atomic E-state index is -0.134. The third-order valence-corrected chi connectivity index (χ3v) is 2.59. The van der Waals surface area contributed by atoms with Crippen LogP contribution in [0.4, 0.5) is 5.69 Å². The number of rotatable bonds is 7. The monoisotopic (exact) mass is 265 g/mol. The Balaban J connectivity index is 2.68. The van der Waals surface area contributed by atoms with Crippen molar-refractivity contribution in [2.75, 3.05) is 39.5 Å². The Morgan fingerprint density at radius 2 is 2.16 bits per heavy atom. The second-order valence-corrected chi connectivity index (χ2v) is 4.62. The maximum absolute atomic E-state index is 11.9. The van der Waals surface area contributed by atoms with E-state index >= 15 is 0 Å². The quantitative estimate of drug-likeness (QED) is 0.577. The van der Waals surface area contributed by atoms with E-state index in [1.165, 1.54) is 0 Å². The summed E-state index contributed by atoms with van der Waals surface area (Å²) in [5, 5.41) is 2.76. The van der Waals surface area contributed by atoms with E-state index in [9.17, 15) is 4.79 Å². The fourth-order valence-corrected chi connectivity index (χ4v) is 1.66. The SMILES string of the molecule is CCNC(=O)c1ccc(N)cc1OCCCN(C)C. The molecule has 1 aromatic carbocycles. The molecule has 0 aliphatic heterocycles. The number of ether oxygens (including phenoxy) is 1. The lowest BCUT2D eigenvalue weighted by molar-refractivity contribution is 0.0951. The van der Waals surface area contributed by atoms with Crippen LogP contribution in [0.3, 0.4) is 0 Å². The van der Waals surface area contributed by atoms with E-state index < -0.39 is 0 Å². The number of nitrogen functional groups attached to an aromatic ring is 1. The molecule has 0 heterocycles. The average Bonchev–Trinajstić information content (AvgIpc) is 2.34. The first-order valence-corrected chi connectivity index (χ1v) is 6.49. The Kier molecular flexibility index (Phi) is 6.15. The second kappa shape index (κ2) is 7.63. The van der Waals surface area contributed by atoms with Gasteiger partial charge in [-0.05, 0) is 39.6 Å². The molecular weight excluding hydrogens is 242 g/mol. The van der Waals surface area contributed by atoms with Crippen LogP contribution in [-0.4, -0.2) is 44.6 Å². The van der Waals surface area contributed by atoms with E-state index in [0.717, 1.165) is 13.0 Å². The normalized spacial score (nSPS) is 10.5. The fraction of sp³-hybridized carbons (Fsp3) is 0.500. The van der Waals surface area contributed by atoms with E-state index in [-0.39, 0.29) is 5.91 Å². The Morgan fingerprint density at radius 3 is 2.79 bits per heavy atom. The highest BCUT2D eigenvalue weighted by molar-refractivity contribution is 5.97. The first kappa shape index (κ1) is 15.3. The van der Waals surface area contributed by atoms with Gasteiger partial charge in [-0.1, -0.05) is 0 Å². The summed E-state index contributed by atoms with van der Waals surface area (Å²) in [7, 11) is 4.03. The van der Waals surface area contributed by atoms with Gasteiger partial charge in [-0.15, -0.1) is 0 Å². The maximum atomic E-state index is 11.9. The summed E-state index contributed by atoms with van der Waals surface area (Å²) in [6, 6.07) is 5.10. The zero-order chi connectivity index (χ0) is 14.3. The predicted octanol–water partition coefficient (Wildman–Crippen LogP) is 1.35. The summed E-state index contributed by atoms with van der Waals surface area (Å²) in [6.07, 6.45) is 0.899. The smallest absolute Gasteiger partial charge is 0.255 e. The van der Waals surface area contributed by atoms with Crippen molar-refractivity contribution in [3.05, 3.63) is 23.8 Å². The number of nitrogens with zero attached hydrogens (tertiary/aromatic N) is 1. The van der Waals surface area contributed by atoms with Gasteiger partial charge in [0, 0.05) is 24.8 Å². The van der Waals surface area contributed by atoms with Gasteiger partial charge in [-0.25, -0.2) is 0 Å². The fourth-order valence-electron chi connectivity index (χ4n) is 1.66. The summed E-state index contributed by atoms with van der Waals surface area (Å²) >= 11 is 0. The van der Waals surface area contributed by atoms with Crippen molar-refractivity contribution in [3.8, 4) is 5.75 Å². The molecule has 0 radical (unpaired) electrons. The van der Waals surface area contributed by atoms with Gasteiger partial charge >= 0.3 is 0 Å². The molecule has 0 atom stereocenters. The number of benzene rings is 1. The summed E-state index contributed by atoms with van der Waals surface area (Å²) in [5.74, 6) is 0.412. The molecule has 0 saturated carbocycles. The molecule has 3 N–H and O–H groups in total. The van der Waals surface area contributed by atoms with Gasteiger partial charge in [-0.2, -0.15) is 0 Å². The maximum Gasteiger partial charge on any atom is 0.255 e. The highest BCUT2D eigenvalue weighted by Gasteiger charge is 2.12. The number of anilines is 1. The Labute approximate surface area is 114 Å². The Morgan fingerprint density at radius 1 is 1.42 bits per heavy atom. The van der Waals surface area contributed by atoms with Crippen LogP contribution in [0.15, 0.2) is 18.2 Å². The van der Waals surface area contributed by atoms with Crippen LogP contribution < -0.4 is 15.8 Å². The first-order chi connectivity index (χ1) is 9.04. The van der Waals surface area contributed by atoms with Crippen molar-refractivity contribution in [2.24, 2.45) is 0 Å². The van der Waals surface area contributed by atoms with Crippen LogP contribution >= 0.6 is 0 Å². The van der Waals surface area contributed by atoms with E-state index in [1.54, 1.807) is 18.2 Å². The molecule has 0 bridgehead atoms. The van der Waals surface area contributed by atoms with Crippen LogP contribution in [0, 0.1) is 0 Å². The predicted molar refractivity (Wildman–Crippen MR) is 77.5 cm³/mol. The van der Waals surface area contributed by atoms with Crippen LogP contribution in [0.2, 0.25) is 0 Å². The van der Waals surface area contributed by atoms with Gasteiger partial charge in [-0.3, -0.25) is 4.79 Å². The molecule has 1 rings (SSSR count). The Bertz CT molecular complexity index is 419. The van der Waals surface area contributed by atoms with Crippen LogP contribution in [0.5, 0.6) is 5.75 Å². The Hall–Kier alpha value is -1.75. The van der Waals surface area contributed by atoms with Gasteiger partial charge in [0.25, 0.3) is 5.91 Å². The number of nitrogens with two attached hydrogens (primary N) is 1. The zero-order valence-corrected chi connectivity index (χ0v) is 11.9. The van der Waals surface area contributed by atoms with Crippen molar-refractivity contribution in [1.29, 1.82) is 0 Å². The molecule has 0 spiro atoms. The number of hydrogen-bond donors (Lipinski definition) is 2. The summed E-state index contributed by atoms with van der Waals surface area (Å²) in [5.41, 5.74) is 6.86. The van der Waals surface area contributed by atoms with E-state index in [2.05, 4.69) is 10.2 Å². The van der Waals surface area contributed by atoms with Crippen molar-refractivity contribution in [1.82, 2.24) is 10.2 Å². The van der Waals surface area contributed by atoms with E-state index in [0.29, 0.717) is 30.2 Å². The number of nitrogens with one attached hydrogen (secondary N) is 1. The van der Waals surface area contributed by atoms with Crippen molar-refractivity contribution < 1.29 is 9.53 Å². The molecule has 19 heavy (non-hydrogen) atoms. The highest BCUT2D eigenvalue weighted by Crippen LogP contribution is 2.22. The standard InChI is InChI=1S/C14H23N3O2/c1-4-16-14(18)12-7-6-11(15)10-13(12)19-9-5-8-17(2)3/h6-7,10H,4-5,8-9,15H2,1-3H3,(H,16,18). The molecule has 0 fully saturated rings. The molecule has 0 aliphatic rings. The highest BCUT2D eigenvalue weighted by atomic mass is 16.5. The first-order valence-electron chi connectivity index (χ1n) is 6.49.